The highest BCUT2D eigenvalue weighted by atomic mass is 35.5. The number of sulfonamides is 1. The molecule has 0 unspecified atom stereocenters. The molecule has 5 nitrogen and oxygen atoms in total. The topological polar surface area (TPSA) is 66.5 Å². The number of aryl methyl sites for hydroxylation is 1. The third kappa shape index (κ3) is 7.40. The van der Waals surface area contributed by atoms with Crippen LogP contribution in [0.2, 0.25) is 10.0 Å². The van der Waals surface area contributed by atoms with Gasteiger partial charge in [-0.15, -0.1) is 0 Å². The van der Waals surface area contributed by atoms with Crippen LogP contribution in [0, 0.1) is 6.92 Å². The Balaban J connectivity index is 1.59. The molecule has 0 bridgehead atoms. The Kier molecular flexibility index (Phi) is 9.71. The summed E-state index contributed by atoms with van der Waals surface area (Å²) in [6.07, 6.45) is 0.753. The predicted molar refractivity (Wildman–Crippen MR) is 142 cm³/mol. The Labute approximate surface area is 215 Å². The normalized spacial score (nSPS) is 11.3. The molecule has 0 saturated heterocycles. The lowest BCUT2D eigenvalue weighted by molar-refractivity contribution is -0.119. The molecule has 1 amide bonds. The molecule has 0 spiro atoms. The number of nitrogens with one attached hydrogen (secondary N) is 1. The lowest BCUT2D eigenvalue weighted by atomic mass is 10.2. The number of anilines is 1. The van der Waals surface area contributed by atoms with Crippen molar-refractivity contribution in [3.8, 4) is 0 Å². The van der Waals surface area contributed by atoms with Crippen molar-refractivity contribution in [3.05, 3.63) is 94.0 Å². The van der Waals surface area contributed by atoms with E-state index in [1.807, 2.05) is 31.2 Å². The number of carbonyl (C=O) groups is 1. The summed E-state index contributed by atoms with van der Waals surface area (Å²) in [5, 5.41) is 3.96. The second-order valence-electron chi connectivity index (χ2n) is 7.65. The molecule has 0 heterocycles. The van der Waals surface area contributed by atoms with Gasteiger partial charge in [0.15, 0.2) is 0 Å². The first kappa shape index (κ1) is 26.4. The van der Waals surface area contributed by atoms with Gasteiger partial charge in [0, 0.05) is 22.3 Å². The van der Waals surface area contributed by atoms with Gasteiger partial charge < -0.3 is 5.32 Å². The van der Waals surface area contributed by atoms with Crippen LogP contribution < -0.4 is 9.62 Å². The summed E-state index contributed by atoms with van der Waals surface area (Å²) >= 11 is 14.0. The van der Waals surface area contributed by atoms with E-state index in [1.54, 1.807) is 42.1 Å². The van der Waals surface area contributed by atoms with Gasteiger partial charge in [-0.2, -0.15) is 11.8 Å². The minimum Gasteiger partial charge on any atom is -0.354 e. The fraction of sp³-hybridized carbons (Fsp3) is 0.240. The average Bonchev–Trinajstić information content (AvgIpc) is 2.81. The van der Waals surface area contributed by atoms with E-state index in [9.17, 15) is 13.2 Å². The van der Waals surface area contributed by atoms with Crippen molar-refractivity contribution < 1.29 is 13.2 Å². The third-order valence-corrected chi connectivity index (χ3v) is 8.48. The summed E-state index contributed by atoms with van der Waals surface area (Å²) in [5.74, 6) is 1.25. The van der Waals surface area contributed by atoms with E-state index >= 15 is 0 Å². The molecule has 0 atom stereocenters. The van der Waals surface area contributed by atoms with Crippen LogP contribution in [0.25, 0.3) is 0 Å². The van der Waals surface area contributed by atoms with Crippen molar-refractivity contribution in [3.63, 3.8) is 0 Å². The zero-order valence-corrected chi connectivity index (χ0v) is 21.9. The summed E-state index contributed by atoms with van der Waals surface area (Å²) in [6.45, 7) is 1.98. The lowest BCUT2D eigenvalue weighted by Gasteiger charge is -2.24. The van der Waals surface area contributed by atoms with Crippen LogP contribution in [0.15, 0.2) is 77.7 Å². The molecule has 1 N–H and O–H groups in total. The highest BCUT2D eigenvalue weighted by molar-refractivity contribution is 7.98. The minimum absolute atomic E-state index is 0.113. The number of halogens is 2. The van der Waals surface area contributed by atoms with Crippen molar-refractivity contribution in [2.75, 3.05) is 23.1 Å². The average molecular weight is 538 g/mol. The minimum atomic E-state index is -3.96. The lowest BCUT2D eigenvalue weighted by Crippen LogP contribution is -2.41. The standard InChI is InChI=1S/C25H26Cl2N2O3S2/c1-19-10-12-23(13-11-19)34(31,32)29(22-8-4-7-21(26)16-22)17-25(30)28-14-5-15-33-18-20-6-2-3-9-24(20)27/h2-4,6-13,16H,5,14-15,17-18H2,1H3,(H,28,30). The number of benzene rings is 3. The van der Waals surface area contributed by atoms with Crippen LogP contribution in [0.5, 0.6) is 0 Å². The molecule has 0 aromatic heterocycles. The molecule has 0 aliphatic rings. The van der Waals surface area contributed by atoms with Crippen molar-refractivity contribution in [1.29, 1.82) is 0 Å². The Morgan fingerprint density at radius 1 is 1.00 bits per heavy atom. The maximum atomic E-state index is 13.4. The molecule has 0 saturated carbocycles. The van der Waals surface area contributed by atoms with E-state index in [2.05, 4.69) is 5.32 Å². The van der Waals surface area contributed by atoms with E-state index in [4.69, 9.17) is 23.2 Å². The molecule has 3 aromatic carbocycles. The van der Waals surface area contributed by atoms with Gasteiger partial charge in [-0.05, 0) is 61.1 Å². The smallest absolute Gasteiger partial charge is 0.264 e. The summed E-state index contributed by atoms with van der Waals surface area (Å²) in [4.78, 5) is 12.8. The van der Waals surface area contributed by atoms with Crippen LogP contribution >= 0.6 is 35.0 Å². The third-order valence-electron chi connectivity index (χ3n) is 5.00. The number of nitrogens with zero attached hydrogens (tertiary/aromatic N) is 1. The second-order valence-corrected chi connectivity index (χ2v) is 11.5. The van der Waals surface area contributed by atoms with Gasteiger partial charge in [0.05, 0.1) is 10.6 Å². The summed E-state index contributed by atoms with van der Waals surface area (Å²) < 4.78 is 27.8. The van der Waals surface area contributed by atoms with Crippen molar-refractivity contribution in [1.82, 2.24) is 5.32 Å². The fourth-order valence-electron chi connectivity index (χ4n) is 3.17. The molecular formula is C25H26Cl2N2O3S2. The highest BCUT2D eigenvalue weighted by Crippen LogP contribution is 2.26. The fourth-order valence-corrected chi connectivity index (χ4v) is 6.01. The number of carbonyl (C=O) groups excluding carboxylic acids is 1. The summed E-state index contributed by atoms with van der Waals surface area (Å²) in [5.41, 5.74) is 2.36. The van der Waals surface area contributed by atoms with Crippen LogP contribution in [0.1, 0.15) is 17.5 Å². The van der Waals surface area contributed by atoms with E-state index in [1.165, 1.54) is 18.2 Å². The van der Waals surface area contributed by atoms with E-state index in [-0.39, 0.29) is 17.3 Å². The zero-order valence-electron chi connectivity index (χ0n) is 18.7. The van der Waals surface area contributed by atoms with E-state index in [0.29, 0.717) is 17.3 Å². The summed E-state index contributed by atoms with van der Waals surface area (Å²) in [6, 6.07) is 20.7. The molecule has 180 valence electrons. The van der Waals surface area contributed by atoms with Gasteiger partial charge in [-0.1, -0.05) is 65.2 Å². The number of rotatable bonds is 11. The van der Waals surface area contributed by atoms with E-state index < -0.39 is 10.0 Å². The number of hydrogen-bond donors (Lipinski definition) is 1. The molecule has 34 heavy (non-hydrogen) atoms. The van der Waals surface area contributed by atoms with E-state index in [0.717, 1.165) is 38.4 Å². The first-order chi connectivity index (χ1) is 16.3. The Morgan fingerprint density at radius 2 is 1.74 bits per heavy atom. The Morgan fingerprint density at radius 3 is 2.44 bits per heavy atom. The SMILES string of the molecule is Cc1ccc(S(=O)(=O)N(CC(=O)NCCCSCc2ccccc2Cl)c2cccc(Cl)c2)cc1. The van der Waals surface area contributed by atoms with Crippen LogP contribution in [-0.4, -0.2) is 33.2 Å². The predicted octanol–water partition coefficient (Wildman–Crippen LogP) is 5.94. The van der Waals surface area contributed by atoms with Crippen LogP contribution in [0.3, 0.4) is 0 Å². The molecule has 3 aromatic rings. The number of hydrogen-bond acceptors (Lipinski definition) is 4. The van der Waals surface area contributed by atoms with Crippen LogP contribution in [0.4, 0.5) is 5.69 Å². The van der Waals surface area contributed by atoms with Gasteiger partial charge in [-0.3, -0.25) is 9.10 Å². The van der Waals surface area contributed by atoms with Gasteiger partial charge in [0.25, 0.3) is 10.0 Å². The first-order valence-corrected chi connectivity index (χ1v) is 14.1. The van der Waals surface area contributed by atoms with Gasteiger partial charge in [0.2, 0.25) is 5.91 Å². The van der Waals surface area contributed by atoms with Crippen molar-refractivity contribution in [2.24, 2.45) is 0 Å². The van der Waals surface area contributed by atoms with Crippen LogP contribution in [-0.2, 0) is 20.6 Å². The molecule has 0 radical (unpaired) electrons. The second kappa shape index (κ2) is 12.5. The quantitative estimate of drug-likeness (QED) is 0.308. The monoisotopic (exact) mass is 536 g/mol. The highest BCUT2D eigenvalue weighted by Gasteiger charge is 2.27. The van der Waals surface area contributed by atoms with Gasteiger partial charge in [-0.25, -0.2) is 8.42 Å². The molecule has 0 fully saturated rings. The Bertz CT molecular complexity index is 1220. The molecule has 3 rings (SSSR count). The Hall–Kier alpha value is -2.19. The molecular weight excluding hydrogens is 511 g/mol. The number of thioether (sulfide) groups is 1. The van der Waals surface area contributed by atoms with Gasteiger partial charge >= 0.3 is 0 Å². The molecule has 0 aliphatic heterocycles. The largest absolute Gasteiger partial charge is 0.354 e. The molecule has 0 aliphatic carbocycles. The molecule has 9 heteroatoms. The summed E-state index contributed by atoms with van der Waals surface area (Å²) in [7, 11) is -3.96. The first-order valence-electron chi connectivity index (χ1n) is 10.7. The van der Waals surface area contributed by atoms with Gasteiger partial charge in [0.1, 0.15) is 6.54 Å². The van der Waals surface area contributed by atoms with Crippen molar-refractivity contribution >= 4 is 56.6 Å². The maximum absolute atomic E-state index is 13.4. The maximum Gasteiger partial charge on any atom is 0.264 e. The van der Waals surface area contributed by atoms with Crippen molar-refractivity contribution in [2.45, 2.75) is 24.0 Å². The zero-order chi connectivity index (χ0) is 24.6. The number of amides is 1.